The Morgan fingerprint density at radius 1 is 1.31 bits per heavy atom. The summed E-state index contributed by atoms with van der Waals surface area (Å²) in [6.07, 6.45) is 6.55. The second kappa shape index (κ2) is 7.91. The minimum absolute atomic E-state index is 0.0865. The average Bonchev–Trinajstić information content (AvgIpc) is 3.43. The van der Waals surface area contributed by atoms with Gasteiger partial charge in [0.1, 0.15) is 5.69 Å². The van der Waals surface area contributed by atoms with Crippen molar-refractivity contribution in [1.82, 2.24) is 24.9 Å². The quantitative estimate of drug-likeness (QED) is 0.619. The molecule has 0 radical (unpaired) electrons. The van der Waals surface area contributed by atoms with E-state index >= 15 is 0 Å². The number of aliphatic hydroxyl groups excluding tert-OH is 1. The Morgan fingerprint density at radius 3 is 2.66 bits per heavy atom. The Morgan fingerprint density at radius 2 is 2.07 bits per heavy atom. The van der Waals surface area contributed by atoms with E-state index in [-0.39, 0.29) is 18.4 Å². The van der Waals surface area contributed by atoms with Crippen LogP contribution in [0.15, 0.2) is 22.9 Å². The van der Waals surface area contributed by atoms with Crippen molar-refractivity contribution in [1.29, 1.82) is 0 Å². The second-order valence-corrected chi connectivity index (χ2v) is 8.96. The first-order valence-electron chi connectivity index (χ1n) is 9.83. The molecule has 9 nitrogen and oxygen atoms in total. The number of halogens is 1. The minimum atomic E-state index is -0.970. The van der Waals surface area contributed by atoms with Crippen LogP contribution < -0.4 is 0 Å². The molecule has 0 unspecified atom stereocenters. The largest absolute Gasteiger partial charge is 0.481 e. The lowest BCUT2D eigenvalue weighted by atomic mass is 9.75. The number of carboxylic acid groups (broad SMARTS) is 1. The van der Waals surface area contributed by atoms with Crippen LogP contribution in [0.25, 0.3) is 0 Å². The van der Waals surface area contributed by atoms with Crippen LogP contribution in [0.5, 0.6) is 0 Å². The van der Waals surface area contributed by atoms with E-state index in [1.807, 2.05) is 0 Å². The highest BCUT2D eigenvalue weighted by Gasteiger charge is 2.43. The van der Waals surface area contributed by atoms with Gasteiger partial charge in [-0.25, -0.2) is 4.68 Å². The van der Waals surface area contributed by atoms with E-state index in [4.69, 9.17) is 0 Å². The van der Waals surface area contributed by atoms with Gasteiger partial charge in [0, 0.05) is 36.4 Å². The summed E-state index contributed by atoms with van der Waals surface area (Å²) in [4.78, 5) is 29.4. The van der Waals surface area contributed by atoms with Crippen molar-refractivity contribution in [2.75, 3.05) is 13.1 Å². The third-order valence-electron chi connectivity index (χ3n) is 6.20. The molecule has 10 heteroatoms. The maximum atomic E-state index is 12.6. The van der Waals surface area contributed by atoms with Crippen molar-refractivity contribution < 1.29 is 19.8 Å². The molecule has 2 aromatic rings. The number of nitrogens with one attached hydrogen (secondary N) is 1. The number of aromatic amines is 1. The van der Waals surface area contributed by atoms with Crippen LogP contribution in [-0.4, -0.2) is 66.2 Å². The number of hydrogen-bond donors (Lipinski definition) is 3. The maximum Gasteiger partial charge on any atom is 0.310 e. The van der Waals surface area contributed by atoms with Gasteiger partial charge in [0.15, 0.2) is 0 Å². The normalized spacial score (nSPS) is 24.0. The smallest absolute Gasteiger partial charge is 0.310 e. The molecule has 0 aromatic carbocycles. The van der Waals surface area contributed by atoms with Gasteiger partial charge < -0.3 is 20.1 Å². The summed E-state index contributed by atoms with van der Waals surface area (Å²) < 4.78 is 2.47. The van der Waals surface area contributed by atoms with Gasteiger partial charge in [0.05, 0.1) is 23.3 Å². The number of hydrogen-bond acceptors (Lipinski definition) is 5. The van der Waals surface area contributed by atoms with Crippen molar-refractivity contribution in [2.45, 2.75) is 50.7 Å². The molecule has 3 heterocycles. The van der Waals surface area contributed by atoms with Gasteiger partial charge in [-0.15, -0.1) is 5.10 Å². The SMILES string of the molecule is O=C(c1cc(Br)c[nH]1)N1CCC(Cc2cn([C@H]3CCC[C@@H]3O)nn2)(C(=O)O)CC1. The molecule has 1 amide bonds. The van der Waals surface area contributed by atoms with Crippen molar-refractivity contribution >= 4 is 27.8 Å². The fourth-order valence-electron chi connectivity index (χ4n) is 4.40. The number of rotatable bonds is 5. The number of aliphatic hydroxyl groups is 1. The Hall–Kier alpha value is -2.20. The zero-order chi connectivity index (χ0) is 20.6. The van der Waals surface area contributed by atoms with E-state index in [2.05, 4.69) is 31.2 Å². The number of carbonyl (C=O) groups excluding carboxylic acids is 1. The molecular weight excluding hydrogens is 442 g/mol. The summed E-state index contributed by atoms with van der Waals surface area (Å²) >= 11 is 3.32. The lowest BCUT2D eigenvalue weighted by Gasteiger charge is -2.38. The molecule has 1 aliphatic carbocycles. The summed E-state index contributed by atoms with van der Waals surface area (Å²) in [6, 6.07) is 1.63. The number of aliphatic carboxylic acids is 1. The predicted molar refractivity (Wildman–Crippen MR) is 106 cm³/mol. The van der Waals surface area contributed by atoms with Gasteiger partial charge in [-0.1, -0.05) is 5.21 Å². The van der Waals surface area contributed by atoms with E-state index in [9.17, 15) is 19.8 Å². The molecule has 2 fully saturated rings. The number of carboxylic acids is 1. The summed E-state index contributed by atoms with van der Waals surface area (Å²) in [7, 11) is 0. The monoisotopic (exact) mass is 465 g/mol. The minimum Gasteiger partial charge on any atom is -0.481 e. The van der Waals surface area contributed by atoms with E-state index in [0.717, 1.165) is 23.7 Å². The first-order valence-corrected chi connectivity index (χ1v) is 10.6. The van der Waals surface area contributed by atoms with Crippen LogP contribution in [0.1, 0.15) is 54.3 Å². The topological polar surface area (TPSA) is 124 Å². The second-order valence-electron chi connectivity index (χ2n) is 8.04. The van der Waals surface area contributed by atoms with E-state index in [1.165, 1.54) is 0 Å². The lowest BCUT2D eigenvalue weighted by Crippen LogP contribution is -2.47. The number of likely N-dealkylation sites (tertiary alicyclic amines) is 1. The van der Waals surface area contributed by atoms with Crippen molar-refractivity contribution in [2.24, 2.45) is 5.41 Å². The maximum absolute atomic E-state index is 12.6. The van der Waals surface area contributed by atoms with Gasteiger partial charge >= 0.3 is 5.97 Å². The third kappa shape index (κ3) is 3.95. The zero-order valence-corrected chi connectivity index (χ0v) is 17.5. The van der Waals surface area contributed by atoms with Crippen molar-refractivity contribution in [3.05, 3.63) is 34.3 Å². The number of carbonyl (C=O) groups is 2. The number of amides is 1. The van der Waals surface area contributed by atoms with Crippen LogP contribution in [-0.2, 0) is 11.2 Å². The molecule has 0 bridgehead atoms. The molecule has 2 aliphatic rings. The number of H-pyrrole nitrogens is 1. The lowest BCUT2D eigenvalue weighted by molar-refractivity contribution is -0.151. The van der Waals surface area contributed by atoms with Crippen LogP contribution in [0.3, 0.4) is 0 Å². The molecule has 29 heavy (non-hydrogen) atoms. The van der Waals surface area contributed by atoms with Crippen LogP contribution in [0.4, 0.5) is 0 Å². The highest BCUT2D eigenvalue weighted by Crippen LogP contribution is 2.36. The fourth-order valence-corrected chi connectivity index (χ4v) is 4.74. The molecule has 2 atom stereocenters. The van der Waals surface area contributed by atoms with Crippen LogP contribution in [0, 0.1) is 5.41 Å². The molecule has 4 rings (SSSR count). The summed E-state index contributed by atoms with van der Waals surface area (Å²) in [6.45, 7) is 0.745. The zero-order valence-electron chi connectivity index (χ0n) is 15.9. The Bertz CT molecular complexity index is 902. The Balaban J connectivity index is 1.44. The van der Waals surface area contributed by atoms with E-state index in [0.29, 0.717) is 37.3 Å². The number of piperidine rings is 1. The number of nitrogens with zero attached hydrogens (tertiary/aromatic N) is 4. The first-order chi connectivity index (χ1) is 13.9. The summed E-state index contributed by atoms with van der Waals surface area (Å²) in [5.74, 6) is -1.00. The molecule has 156 valence electrons. The Labute approximate surface area is 176 Å². The molecule has 3 N–H and O–H groups in total. The van der Waals surface area contributed by atoms with Gasteiger partial charge in [-0.3, -0.25) is 9.59 Å². The first kappa shape index (κ1) is 20.1. The summed E-state index contributed by atoms with van der Waals surface area (Å²) in [5.41, 5.74) is 0.125. The third-order valence-corrected chi connectivity index (χ3v) is 6.66. The molecule has 2 aromatic heterocycles. The van der Waals surface area contributed by atoms with Crippen LogP contribution >= 0.6 is 15.9 Å². The highest BCUT2D eigenvalue weighted by atomic mass is 79.9. The van der Waals surface area contributed by atoms with E-state index in [1.54, 1.807) is 28.0 Å². The molecule has 0 spiro atoms. The predicted octanol–water partition coefficient (Wildman–Crippen LogP) is 2.00. The molecule has 1 saturated heterocycles. The molecule has 1 saturated carbocycles. The van der Waals surface area contributed by atoms with E-state index < -0.39 is 17.5 Å². The van der Waals surface area contributed by atoms with Crippen LogP contribution in [0.2, 0.25) is 0 Å². The van der Waals surface area contributed by atoms with Gasteiger partial charge in [-0.2, -0.15) is 0 Å². The van der Waals surface area contributed by atoms with Gasteiger partial charge in [-0.05, 0) is 54.1 Å². The highest BCUT2D eigenvalue weighted by molar-refractivity contribution is 9.10. The van der Waals surface area contributed by atoms with Crippen molar-refractivity contribution in [3.63, 3.8) is 0 Å². The van der Waals surface area contributed by atoms with Gasteiger partial charge in [0.2, 0.25) is 0 Å². The average molecular weight is 466 g/mol. The number of aromatic nitrogens is 4. The Kier molecular flexibility index (Phi) is 5.48. The standard InChI is InChI=1S/C19H24BrN5O4/c20-12-8-14(21-10-12)17(27)24-6-4-19(5-7-24,18(28)29)9-13-11-25(23-22-13)15-2-1-3-16(15)26/h8,10-11,15-16,21,26H,1-7,9H2,(H,28,29)/t15-,16-/m0/s1. The molecule has 1 aliphatic heterocycles. The van der Waals surface area contributed by atoms with Gasteiger partial charge in [0.25, 0.3) is 5.91 Å². The summed E-state index contributed by atoms with van der Waals surface area (Å²) in [5, 5.41) is 28.3. The fraction of sp³-hybridized carbons (Fsp3) is 0.579. The molecular formula is C19H24BrN5O4. The van der Waals surface area contributed by atoms with Crippen molar-refractivity contribution in [3.8, 4) is 0 Å².